The molecule has 0 bridgehead atoms. The molecule has 0 radical (unpaired) electrons. The molecule has 2 rings (SSSR count). The second-order valence-corrected chi connectivity index (χ2v) is 12.9. The van der Waals surface area contributed by atoms with Gasteiger partial charge in [0.05, 0.1) is 0 Å². The molecule has 0 spiro atoms. The Morgan fingerprint density at radius 3 is 1.21 bits per heavy atom. The van der Waals surface area contributed by atoms with Crippen LogP contribution in [0, 0.1) is 0 Å². The Morgan fingerprint density at radius 2 is 0.895 bits per heavy atom. The number of hydrogen-bond acceptors (Lipinski definition) is 0. The average Bonchev–Trinajstić information content (AvgIpc) is 2.40. The third-order valence-electron chi connectivity index (χ3n) is 3.22. The zero-order valence-corrected chi connectivity index (χ0v) is 13.9. The molecule has 2 aromatic carbocycles. The minimum Gasteiger partial charge on any atom is -0.168 e. The smallest absolute Gasteiger partial charge is 0.168 e. The molecule has 0 atom stereocenters. The van der Waals surface area contributed by atoms with Crippen molar-refractivity contribution in [1.29, 1.82) is 0 Å². The van der Waals surface area contributed by atoms with Crippen molar-refractivity contribution in [3.63, 3.8) is 0 Å². The van der Waals surface area contributed by atoms with Crippen LogP contribution in [0.25, 0.3) is 0 Å². The Bertz CT molecular complexity index is 599. The molecule has 2 aromatic rings. The van der Waals surface area contributed by atoms with Gasteiger partial charge in [-0.1, -0.05) is 36.4 Å². The molecule has 3 heteroatoms. The Morgan fingerprint density at radius 1 is 0.579 bits per heavy atom. The normalized spacial score (nSPS) is 12.0. The highest BCUT2D eigenvalue weighted by Crippen LogP contribution is 2.42. The fourth-order valence-corrected chi connectivity index (χ4v) is 9.35. The molecular formula is C16H22NP2+. The summed E-state index contributed by atoms with van der Waals surface area (Å²) in [5, 5.41) is 2.78. The predicted molar refractivity (Wildman–Crippen MR) is 91.8 cm³/mol. The monoisotopic (exact) mass is 290 g/mol. The van der Waals surface area contributed by atoms with Crippen LogP contribution >= 0.6 is 14.1 Å². The summed E-state index contributed by atoms with van der Waals surface area (Å²) in [5.74, 6) is 0. The van der Waals surface area contributed by atoms with Gasteiger partial charge in [0, 0.05) is 37.3 Å². The molecule has 100 valence electrons. The lowest BCUT2D eigenvalue weighted by molar-refractivity contribution is 1.69. The van der Waals surface area contributed by atoms with Gasteiger partial charge in [-0.15, -0.1) is 0 Å². The minimum absolute atomic E-state index is 1.39. The molecule has 0 aliphatic carbocycles. The average molecular weight is 290 g/mol. The summed E-state index contributed by atoms with van der Waals surface area (Å²) in [7, 11) is -2.81. The van der Waals surface area contributed by atoms with Crippen molar-refractivity contribution >= 4 is 24.7 Å². The van der Waals surface area contributed by atoms with Gasteiger partial charge in [0.1, 0.15) is 0 Å². The van der Waals surface area contributed by atoms with E-state index in [1.807, 2.05) is 0 Å². The molecule has 0 amide bonds. The second kappa shape index (κ2) is 5.56. The lowest BCUT2D eigenvalue weighted by atomic mass is 10.4. The second-order valence-electron chi connectivity index (χ2n) is 5.55. The number of rotatable bonds is 2. The van der Waals surface area contributed by atoms with Gasteiger partial charge in [0.2, 0.25) is 14.1 Å². The Labute approximate surface area is 116 Å². The quantitative estimate of drug-likeness (QED) is 0.592. The van der Waals surface area contributed by atoms with Crippen molar-refractivity contribution in [2.75, 3.05) is 26.7 Å². The van der Waals surface area contributed by atoms with Gasteiger partial charge in [0.15, 0.2) is 0 Å². The topological polar surface area (TPSA) is 14.1 Å². The maximum absolute atomic E-state index is 5.30. The maximum Gasteiger partial charge on any atom is 0.238 e. The Balaban J connectivity index is 2.69. The van der Waals surface area contributed by atoms with E-state index in [0.717, 1.165) is 0 Å². The lowest BCUT2D eigenvalue weighted by Crippen LogP contribution is -2.08. The molecule has 19 heavy (non-hydrogen) atoms. The van der Waals surface area contributed by atoms with E-state index in [4.69, 9.17) is 4.17 Å². The zero-order chi connectivity index (χ0) is 13.9. The van der Waals surface area contributed by atoms with E-state index in [2.05, 4.69) is 87.3 Å². The fourth-order valence-electron chi connectivity index (χ4n) is 2.25. The third kappa shape index (κ3) is 3.52. The van der Waals surface area contributed by atoms with E-state index in [9.17, 15) is 0 Å². The molecule has 0 aliphatic rings. The summed E-state index contributed by atoms with van der Waals surface area (Å²) in [4.78, 5) is 0. The molecule has 1 nitrogen and oxygen atoms in total. The van der Waals surface area contributed by atoms with Crippen LogP contribution in [0.1, 0.15) is 0 Å². The number of hydrogen-bond donors (Lipinski definition) is 0. The number of nitrogens with zero attached hydrogens (tertiary/aromatic N) is 1. The molecule has 0 saturated carbocycles. The molecule has 0 saturated heterocycles. The molecule has 0 aromatic heterocycles. The van der Waals surface area contributed by atoms with Crippen LogP contribution in [0.15, 0.2) is 60.7 Å². The van der Waals surface area contributed by atoms with Gasteiger partial charge < -0.3 is 0 Å². The molecular weight excluding hydrogens is 268 g/mol. The van der Waals surface area contributed by atoms with E-state index in [1.54, 1.807) is 0 Å². The minimum atomic E-state index is -1.41. The van der Waals surface area contributed by atoms with Gasteiger partial charge in [-0.25, -0.2) is 0 Å². The molecule has 0 heterocycles. The molecule has 0 unspecified atom stereocenters. The summed E-state index contributed by atoms with van der Waals surface area (Å²) in [5.41, 5.74) is 0. The molecule has 0 N–H and O–H groups in total. The zero-order valence-electron chi connectivity index (χ0n) is 12.1. The summed E-state index contributed by atoms with van der Waals surface area (Å²) >= 11 is 0. The van der Waals surface area contributed by atoms with Crippen LogP contribution in [-0.2, 0) is 0 Å². The lowest BCUT2D eigenvalue weighted by Gasteiger charge is -2.06. The predicted octanol–water partition coefficient (Wildman–Crippen LogP) is 3.63. The highest BCUT2D eigenvalue weighted by atomic mass is 31.2. The maximum atomic E-state index is 5.30. The van der Waals surface area contributed by atoms with Crippen LogP contribution in [0.3, 0.4) is 0 Å². The van der Waals surface area contributed by atoms with Gasteiger partial charge in [-0.3, -0.25) is 0 Å². The first-order chi connectivity index (χ1) is 8.92. The van der Waals surface area contributed by atoms with Crippen molar-refractivity contribution in [2.24, 2.45) is 0 Å². The van der Waals surface area contributed by atoms with Crippen molar-refractivity contribution < 1.29 is 0 Å². The fraction of sp³-hybridized carbons (Fsp3) is 0.250. The van der Waals surface area contributed by atoms with Crippen LogP contribution in [-0.4, -0.2) is 26.7 Å². The Hall–Kier alpha value is -0.990. The largest absolute Gasteiger partial charge is 0.238 e. The first-order valence-electron chi connectivity index (χ1n) is 6.46. The van der Waals surface area contributed by atoms with Crippen molar-refractivity contribution in [3.8, 4) is 0 Å². The first kappa shape index (κ1) is 14.4. The van der Waals surface area contributed by atoms with Crippen molar-refractivity contribution in [2.45, 2.75) is 0 Å². The number of benzene rings is 2. The Kier molecular flexibility index (Phi) is 4.22. The molecule has 0 fully saturated rings. The van der Waals surface area contributed by atoms with Crippen LogP contribution in [0.5, 0.6) is 0 Å². The van der Waals surface area contributed by atoms with Crippen LogP contribution in [0.4, 0.5) is 0 Å². The van der Waals surface area contributed by atoms with E-state index in [0.29, 0.717) is 0 Å². The van der Waals surface area contributed by atoms with Gasteiger partial charge in [0.25, 0.3) is 0 Å². The van der Waals surface area contributed by atoms with E-state index < -0.39 is 14.1 Å². The van der Waals surface area contributed by atoms with Gasteiger partial charge in [-0.2, -0.15) is 4.17 Å². The van der Waals surface area contributed by atoms with Crippen LogP contribution < -0.4 is 14.8 Å². The van der Waals surface area contributed by atoms with E-state index in [-0.39, 0.29) is 0 Å². The van der Waals surface area contributed by atoms with Crippen molar-refractivity contribution in [3.05, 3.63) is 60.7 Å². The summed E-state index contributed by atoms with van der Waals surface area (Å²) < 4.78 is 5.30. The standard InChI is InChI=1S/C16H22NP2/c1-18(2,15-11-7-5-8-12-15)17-19(3,4)16-13-9-6-10-14-16/h5-14H,1-4H3/q+1. The van der Waals surface area contributed by atoms with Gasteiger partial charge in [-0.05, 0) is 24.3 Å². The van der Waals surface area contributed by atoms with Gasteiger partial charge >= 0.3 is 0 Å². The SMILES string of the molecule is CP(C)(=[N+]=P(C)(C)c1ccccc1)c1ccccc1. The molecule has 0 aliphatic heterocycles. The van der Waals surface area contributed by atoms with Crippen LogP contribution in [0.2, 0.25) is 0 Å². The highest BCUT2D eigenvalue weighted by molar-refractivity contribution is 7.79. The van der Waals surface area contributed by atoms with Crippen molar-refractivity contribution in [1.82, 2.24) is 4.17 Å². The highest BCUT2D eigenvalue weighted by Gasteiger charge is 2.24. The first-order valence-corrected chi connectivity index (χ1v) is 11.7. The van der Waals surface area contributed by atoms with E-state index >= 15 is 0 Å². The van der Waals surface area contributed by atoms with E-state index in [1.165, 1.54) is 10.6 Å². The third-order valence-corrected chi connectivity index (χ3v) is 9.92. The summed E-state index contributed by atoms with van der Waals surface area (Å²) in [6.07, 6.45) is 0. The summed E-state index contributed by atoms with van der Waals surface area (Å²) in [6, 6.07) is 21.4. The summed E-state index contributed by atoms with van der Waals surface area (Å²) in [6.45, 7) is 9.25.